The highest BCUT2D eigenvalue weighted by molar-refractivity contribution is 7.92. The molecule has 3 aromatic carbocycles. The Morgan fingerprint density at radius 3 is 2.28 bits per heavy atom. The van der Waals surface area contributed by atoms with E-state index in [9.17, 15) is 31.2 Å². The number of amides is 1. The molecule has 1 aliphatic heterocycles. The number of rotatable bonds is 6. The van der Waals surface area contributed by atoms with Crippen molar-refractivity contribution in [3.63, 3.8) is 0 Å². The minimum absolute atomic E-state index is 0.201. The number of anilines is 2. The van der Waals surface area contributed by atoms with Gasteiger partial charge in [0.25, 0.3) is 15.7 Å². The first-order valence-corrected chi connectivity index (χ1v) is 13.4. The van der Waals surface area contributed by atoms with Crippen LogP contribution in [0.4, 0.5) is 24.7 Å². The molecular formula is C27H21F3N4O4S. The Morgan fingerprint density at radius 1 is 0.846 bits per heavy atom. The zero-order chi connectivity index (χ0) is 27.8. The van der Waals surface area contributed by atoms with Gasteiger partial charge in [-0.3, -0.25) is 14.6 Å². The van der Waals surface area contributed by atoms with Crippen LogP contribution in [0.5, 0.6) is 0 Å². The summed E-state index contributed by atoms with van der Waals surface area (Å²) < 4.78 is 62.1. The summed E-state index contributed by atoms with van der Waals surface area (Å²) in [5.74, 6) is -0.421. The maximum atomic E-state index is 13.2. The molecule has 1 aliphatic rings. The van der Waals surface area contributed by atoms with Gasteiger partial charge in [0.15, 0.2) is 5.78 Å². The van der Waals surface area contributed by atoms with Crippen molar-refractivity contribution >= 4 is 44.1 Å². The molecule has 8 nitrogen and oxygen atoms in total. The lowest BCUT2D eigenvalue weighted by molar-refractivity contribution is -0.0436. The molecule has 4 aromatic rings. The maximum absolute atomic E-state index is 13.2. The third kappa shape index (κ3) is 5.32. The number of carbonyl (C=O) groups is 2. The fourth-order valence-electron chi connectivity index (χ4n) is 4.29. The van der Waals surface area contributed by atoms with Crippen LogP contribution in [-0.2, 0) is 9.84 Å². The van der Waals surface area contributed by atoms with Crippen molar-refractivity contribution in [2.45, 2.75) is 23.2 Å². The lowest BCUT2D eigenvalue weighted by Gasteiger charge is -2.16. The minimum atomic E-state index is -5.61. The Labute approximate surface area is 221 Å². The van der Waals surface area contributed by atoms with Gasteiger partial charge < -0.3 is 10.2 Å². The van der Waals surface area contributed by atoms with Gasteiger partial charge in [0.05, 0.1) is 22.1 Å². The second-order valence-electron chi connectivity index (χ2n) is 8.97. The molecule has 0 spiro atoms. The van der Waals surface area contributed by atoms with Gasteiger partial charge >= 0.3 is 5.51 Å². The molecule has 0 radical (unpaired) electrons. The molecule has 1 aromatic heterocycles. The molecule has 0 atom stereocenters. The lowest BCUT2D eigenvalue weighted by Crippen LogP contribution is -2.23. The molecule has 1 N–H and O–H groups in total. The molecule has 0 bridgehead atoms. The van der Waals surface area contributed by atoms with E-state index in [1.54, 1.807) is 36.5 Å². The van der Waals surface area contributed by atoms with Crippen LogP contribution in [0, 0.1) is 0 Å². The van der Waals surface area contributed by atoms with E-state index in [1.807, 2.05) is 0 Å². The summed E-state index contributed by atoms with van der Waals surface area (Å²) in [4.78, 5) is 36.1. The predicted molar refractivity (Wildman–Crippen MR) is 138 cm³/mol. The average Bonchev–Trinajstić information content (AvgIpc) is 3.47. The zero-order valence-corrected chi connectivity index (χ0v) is 21.1. The first-order chi connectivity index (χ1) is 18.5. The molecule has 0 unspecified atom stereocenters. The van der Waals surface area contributed by atoms with Gasteiger partial charge in [0, 0.05) is 35.5 Å². The Kier molecular flexibility index (Phi) is 6.81. The highest BCUT2D eigenvalue weighted by atomic mass is 32.2. The van der Waals surface area contributed by atoms with E-state index in [0.717, 1.165) is 43.9 Å². The third-order valence-corrected chi connectivity index (χ3v) is 7.80. The number of nitrogens with zero attached hydrogens (tertiary/aromatic N) is 3. The maximum Gasteiger partial charge on any atom is 0.501 e. The van der Waals surface area contributed by atoms with E-state index < -0.39 is 26.1 Å². The molecule has 1 fully saturated rings. The second kappa shape index (κ2) is 10.1. The van der Waals surface area contributed by atoms with E-state index >= 15 is 0 Å². The number of hydrogen-bond acceptors (Lipinski definition) is 7. The summed E-state index contributed by atoms with van der Waals surface area (Å²) in [6.07, 6.45) is 3.89. The fraction of sp³-hybridized carbons (Fsp3) is 0.185. The summed E-state index contributed by atoms with van der Waals surface area (Å²) >= 11 is 0. The van der Waals surface area contributed by atoms with Crippen LogP contribution in [0.2, 0.25) is 0 Å². The number of halogens is 3. The van der Waals surface area contributed by atoms with Crippen molar-refractivity contribution in [2.75, 3.05) is 23.3 Å². The largest absolute Gasteiger partial charge is 0.501 e. The van der Waals surface area contributed by atoms with Gasteiger partial charge in [-0.1, -0.05) is 18.2 Å². The lowest BCUT2D eigenvalue weighted by atomic mass is 10.0. The van der Waals surface area contributed by atoms with E-state index in [1.165, 1.54) is 18.2 Å². The van der Waals surface area contributed by atoms with Crippen molar-refractivity contribution in [1.29, 1.82) is 0 Å². The molecule has 200 valence electrons. The fourth-order valence-corrected chi connectivity index (χ4v) is 5.09. The van der Waals surface area contributed by atoms with Gasteiger partial charge in [0.2, 0.25) is 0 Å². The van der Waals surface area contributed by atoms with Crippen LogP contribution in [0.3, 0.4) is 0 Å². The van der Waals surface area contributed by atoms with E-state index in [0.29, 0.717) is 22.7 Å². The summed E-state index contributed by atoms with van der Waals surface area (Å²) in [7, 11) is -5.61. The SMILES string of the molecule is O=C(Nc1cccc(C(=O)c2ccc3ncc(N4CCCC4)nc3c2)c1)c1cccc(S(=O)(=O)C(F)(F)F)c1. The van der Waals surface area contributed by atoms with E-state index in [4.69, 9.17) is 0 Å². The standard InChI is InChI=1S/C27H21F3N4O4S/c28-27(29,30)39(37,38)21-8-4-6-19(14-21)26(36)32-20-7-3-5-17(13-20)25(35)18-9-10-22-23(15-18)33-24(16-31-22)34-11-1-2-12-34/h3-10,13-16H,1-2,11-12H2,(H,32,36). The monoisotopic (exact) mass is 554 g/mol. The smallest absolute Gasteiger partial charge is 0.355 e. The number of ketones is 1. The van der Waals surface area contributed by atoms with Crippen molar-refractivity contribution in [3.8, 4) is 0 Å². The number of sulfone groups is 1. The highest BCUT2D eigenvalue weighted by Crippen LogP contribution is 2.30. The first kappa shape index (κ1) is 26.3. The van der Waals surface area contributed by atoms with Gasteiger partial charge in [-0.25, -0.2) is 13.4 Å². The van der Waals surface area contributed by atoms with Crippen LogP contribution in [0.1, 0.15) is 39.1 Å². The van der Waals surface area contributed by atoms with Crippen LogP contribution < -0.4 is 10.2 Å². The molecule has 1 saturated heterocycles. The summed E-state index contributed by atoms with van der Waals surface area (Å²) in [6.45, 7) is 1.81. The third-order valence-electron chi connectivity index (χ3n) is 6.32. The van der Waals surface area contributed by atoms with Crippen LogP contribution in [-0.4, -0.2) is 48.7 Å². The van der Waals surface area contributed by atoms with Crippen molar-refractivity contribution in [2.24, 2.45) is 0 Å². The van der Waals surface area contributed by atoms with Crippen LogP contribution in [0.25, 0.3) is 11.0 Å². The molecule has 5 rings (SSSR count). The topological polar surface area (TPSA) is 109 Å². The average molecular weight is 555 g/mol. The number of carbonyl (C=O) groups excluding carboxylic acids is 2. The zero-order valence-electron chi connectivity index (χ0n) is 20.3. The highest BCUT2D eigenvalue weighted by Gasteiger charge is 2.47. The van der Waals surface area contributed by atoms with Crippen molar-refractivity contribution in [3.05, 3.63) is 89.6 Å². The predicted octanol–water partition coefficient (Wildman–Crippen LogP) is 5.01. The second-order valence-corrected chi connectivity index (χ2v) is 10.9. The molecule has 39 heavy (non-hydrogen) atoms. The molecule has 1 amide bonds. The van der Waals surface area contributed by atoms with E-state index in [-0.39, 0.29) is 22.6 Å². The molecule has 0 aliphatic carbocycles. The number of alkyl halides is 3. The van der Waals surface area contributed by atoms with E-state index in [2.05, 4.69) is 20.2 Å². The summed E-state index contributed by atoms with van der Waals surface area (Å²) in [5.41, 5.74) is -3.76. The Balaban J connectivity index is 1.37. The Morgan fingerprint density at radius 2 is 1.54 bits per heavy atom. The van der Waals surface area contributed by atoms with Crippen molar-refractivity contribution < 1.29 is 31.2 Å². The Bertz CT molecular complexity index is 1700. The quantitative estimate of drug-likeness (QED) is 0.334. The molecule has 12 heteroatoms. The summed E-state index contributed by atoms with van der Waals surface area (Å²) in [5, 5.41) is 2.50. The van der Waals surface area contributed by atoms with Gasteiger partial charge in [0.1, 0.15) is 5.82 Å². The number of hydrogen-bond donors (Lipinski definition) is 1. The van der Waals surface area contributed by atoms with Crippen molar-refractivity contribution in [1.82, 2.24) is 9.97 Å². The van der Waals surface area contributed by atoms with Gasteiger partial charge in [-0.05, 0) is 61.4 Å². The molecule has 2 heterocycles. The first-order valence-electron chi connectivity index (χ1n) is 11.9. The van der Waals surface area contributed by atoms with Gasteiger partial charge in [-0.2, -0.15) is 13.2 Å². The number of aromatic nitrogens is 2. The number of fused-ring (bicyclic) bond motifs is 1. The number of benzene rings is 3. The van der Waals surface area contributed by atoms with Gasteiger partial charge in [-0.15, -0.1) is 0 Å². The number of nitrogens with one attached hydrogen (secondary N) is 1. The van der Waals surface area contributed by atoms with Crippen LogP contribution in [0.15, 0.2) is 77.8 Å². The Hall–Kier alpha value is -4.32. The van der Waals surface area contributed by atoms with Crippen LogP contribution >= 0.6 is 0 Å². The summed E-state index contributed by atoms with van der Waals surface area (Å²) in [6, 6.07) is 14.7. The molecular weight excluding hydrogens is 533 g/mol. The normalized spacial score (nSPS) is 14.0. The minimum Gasteiger partial charge on any atom is -0.355 e. The molecule has 0 saturated carbocycles.